The molecule has 1 heterocycles. The molecule has 1 atom stereocenters. The first-order valence-electron chi connectivity index (χ1n) is 6.23. The molecule has 1 N–H and O–H groups in total. The summed E-state index contributed by atoms with van der Waals surface area (Å²) in [6.07, 6.45) is -0.502. The molecule has 2 aromatic rings. The molecule has 0 saturated heterocycles. The summed E-state index contributed by atoms with van der Waals surface area (Å²) >= 11 is 1.65. The van der Waals surface area contributed by atoms with Crippen LogP contribution in [0.15, 0.2) is 36.4 Å². The van der Waals surface area contributed by atoms with Crippen LogP contribution in [0.2, 0.25) is 0 Å². The normalized spacial score (nSPS) is 13.6. The lowest BCUT2D eigenvalue weighted by molar-refractivity contribution is 0.224. The van der Waals surface area contributed by atoms with Crippen LogP contribution in [-0.4, -0.2) is 5.11 Å². The van der Waals surface area contributed by atoms with E-state index in [0.717, 1.165) is 10.4 Å². The highest BCUT2D eigenvalue weighted by Gasteiger charge is 2.16. The summed E-state index contributed by atoms with van der Waals surface area (Å²) in [6, 6.07) is 12.3. The van der Waals surface area contributed by atoms with Gasteiger partial charge in [0.25, 0.3) is 0 Å². The lowest BCUT2D eigenvalue weighted by atomic mass is 9.86. The fourth-order valence-corrected chi connectivity index (χ4v) is 2.82. The summed E-state index contributed by atoms with van der Waals surface area (Å²) in [6.45, 7) is 8.65. The molecule has 0 bridgehead atoms. The Bertz CT molecular complexity index is 517. The number of aliphatic hydroxyl groups excluding tert-OH is 1. The summed E-state index contributed by atoms with van der Waals surface area (Å²) < 4.78 is 0. The molecule has 0 radical (unpaired) electrons. The van der Waals surface area contributed by atoms with Crippen LogP contribution in [0, 0.1) is 6.92 Å². The van der Waals surface area contributed by atoms with E-state index < -0.39 is 6.10 Å². The summed E-state index contributed by atoms with van der Waals surface area (Å²) in [5, 5.41) is 10.3. The van der Waals surface area contributed by atoms with Gasteiger partial charge in [0, 0.05) is 9.75 Å². The van der Waals surface area contributed by atoms with Crippen molar-refractivity contribution < 1.29 is 5.11 Å². The third kappa shape index (κ3) is 2.82. The quantitative estimate of drug-likeness (QED) is 0.846. The zero-order valence-corrected chi connectivity index (χ0v) is 12.2. The van der Waals surface area contributed by atoms with E-state index >= 15 is 0 Å². The van der Waals surface area contributed by atoms with Gasteiger partial charge >= 0.3 is 0 Å². The Morgan fingerprint density at radius 3 is 2.06 bits per heavy atom. The summed E-state index contributed by atoms with van der Waals surface area (Å²) in [4.78, 5) is 2.24. The monoisotopic (exact) mass is 260 g/mol. The molecular weight excluding hydrogens is 240 g/mol. The van der Waals surface area contributed by atoms with Crippen LogP contribution < -0.4 is 0 Å². The number of benzene rings is 1. The van der Waals surface area contributed by atoms with Crippen molar-refractivity contribution in [3.05, 3.63) is 57.3 Å². The molecule has 0 aliphatic rings. The van der Waals surface area contributed by atoms with Crippen LogP contribution >= 0.6 is 11.3 Å². The van der Waals surface area contributed by atoms with Crippen LogP contribution in [0.3, 0.4) is 0 Å². The first-order chi connectivity index (χ1) is 8.38. The van der Waals surface area contributed by atoms with Gasteiger partial charge in [0.15, 0.2) is 0 Å². The Morgan fingerprint density at radius 1 is 1.00 bits per heavy atom. The first-order valence-corrected chi connectivity index (χ1v) is 7.04. The second-order valence-corrected chi connectivity index (χ2v) is 7.04. The summed E-state index contributed by atoms with van der Waals surface area (Å²) in [5.74, 6) is 0. The van der Waals surface area contributed by atoms with Crippen LogP contribution in [0.1, 0.15) is 47.8 Å². The van der Waals surface area contributed by atoms with Gasteiger partial charge in [0.1, 0.15) is 6.10 Å². The molecule has 0 amide bonds. The number of rotatable bonds is 2. The predicted molar refractivity (Wildman–Crippen MR) is 78.3 cm³/mol. The number of thiophene rings is 1. The van der Waals surface area contributed by atoms with Crippen LogP contribution in [0.5, 0.6) is 0 Å². The minimum Gasteiger partial charge on any atom is -0.383 e. The molecule has 0 aliphatic heterocycles. The molecule has 0 unspecified atom stereocenters. The third-order valence-electron chi connectivity index (χ3n) is 3.12. The molecule has 0 saturated carbocycles. The number of aliphatic hydroxyl groups is 1. The molecule has 2 heteroatoms. The maximum atomic E-state index is 10.3. The highest BCUT2D eigenvalue weighted by Crippen LogP contribution is 2.30. The second kappa shape index (κ2) is 4.87. The van der Waals surface area contributed by atoms with Gasteiger partial charge in [-0.25, -0.2) is 0 Å². The average molecular weight is 260 g/mol. The van der Waals surface area contributed by atoms with Crippen molar-refractivity contribution in [3.63, 3.8) is 0 Å². The van der Waals surface area contributed by atoms with Crippen molar-refractivity contribution in [2.24, 2.45) is 0 Å². The first kappa shape index (κ1) is 13.3. The van der Waals surface area contributed by atoms with Gasteiger partial charge in [-0.1, -0.05) is 45.0 Å². The molecule has 96 valence electrons. The average Bonchev–Trinajstić information content (AvgIpc) is 2.74. The van der Waals surface area contributed by atoms with E-state index in [0.29, 0.717) is 0 Å². The van der Waals surface area contributed by atoms with Gasteiger partial charge in [0.05, 0.1) is 0 Å². The van der Waals surface area contributed by atoms with Crippen molar-refractivity contribution in [1.29, 1.82) is 0 Å². The van der Waals surface area contributed by atoms with Crippen molar-refractivity contribution in [1.82, 2.24) is 0 Å². The lowest BCUT2D eigenvalue weighted by Crippen LogP contribution is -2.11. The smallest absolute Gasteiger partial charge is 0.113 e. The molecule has 0 spiro atoms. The molecule has 2 rings (SSSR count). The summed E-state index contributed by atoms with van der Waals surface area (Å²) in [7, 11) is 0. The van der Waals surface area contributed by atoms with E-state index in [-0.39, 0.29) is 5.41 Å². The van der Waals surface area contributed by atoms with Gasteiger partial charge in [-0.05, 0) is 35.6 Å². The van der Waals surface area contributed by atoms with Gasteiger partial charge in [-0.2, -0.15) is 0 Å². The highest BCUT2D eigenvalue weighted by atomic mass is 32.1. The minimum atomic E-state index is -0.502. The molecule has 1 aromatic carbocycles. The highest BCUT2D eigenvalue weighted by molar-refractivity contribution is 7.12. The zero-order valence-electron chi connectivity index (χ0n) is 11.4. The molecule has 0 fully saturated rings. The molecule has 1 aromatic heterocycles. The Balaban J connectivity index is 2.24. The molecule has 18 heavy (non-hydrogen) atoms. The molecule has 0 aliphatic carbocycles. The lowest BCUT2D eigenvalue weighted by Gasteiger charge is -2.19. The zero-order chi connectivity index (χ0) is 13.3. The number of aryl methyl sites for hydroxylation is 1. The van der Waals surface area contributed by atoms with Crippen molar-refractivity contribution in [2.75, 3.05) is 0 Å². The Morgan fingerprint density at radius 2 is 1.61 bits per heavy atom. The van der Waals surface area contributed by atoms with Gasteiger partial charge in [-0.3, -0.25) is 0 Å². The molecular formula is C16H20OS. The van der Waals surface area contributed by atoms with E-state index in [1.165, 1.54) is 10.4 Å². The van der Waals surface area contributed by atoms with E-state index in [9.17, 15) is 5.11 Å². The van der Waals surface area contributed by atoms with Gasteiger partial charge in [-0.15, -0.1) is 11.3 Å². The standard InChI is InChI=1S/C16H20OS/c1-11-5-10-14(18-11)15(17)12-6-8-13(9-7-12)16(2,3)4/h5-10,15,17H,1-4H3/t15-/m0/s1. The maximum absolute atomic E-state index is 10.3. The predicted octanol–water partition coefficient (Wildman–Crippen LogP) is 4.44. The molecule has 1 nitrogen and oxygen atoms in total. The topological polar surface area (TPSA) is 20.2 Å². The van der Waals surface area contributed by atoms with E-state index in [1.807, 2.05) is 24.3 Å². The summed E-state index contributed by atoms with van der Waals surface area (Å²) in [5.41, 5.74) is 2.41. The van der Waals surface area contributed by atoms with E-state index in [2.05, 4.69) is 39.8 Å². The Kier molecular flexibility index (Phi) is 3.60. The Labute approximate surface area is 113 Å². The van der Waals surface area contributed by atoms with Gasteiger partial charge in [0.2, 0.25) is 0 Å². The fraction of sp³-hybridized carbons (Fsp3) is 0.375. The van der Waals surface area contributed by atoms with Crippen LogP contribution in [-0.2, 0) is 5.41 Å². The van der Waals surface area contributed by atoms with Crippen molar-refractivity contribution in [3.8, 4) is 0 Å². The number of hydrogen-bond acceptors (Lipinski definition) is 2. The number of hydrogen-bond donors (Lipinski definition) is 1. The maximum Gasteiger partial charge on any atom is 0.113 e. The third-order valence-corrected chi connectivity index (χ3v) is 4.18. The van der Waals surface area contributed by atoms with Crippen LogP contribution in [0.25, 0.3) is 0 Å². The SMILES string of the molecule is Cc1ccc([C@@H](O)c2ccc(C(C)(C)C)cc2)s1. The van der Waals surface area contributed by atoms with Crippen molar-refractivity contribution in [2.45, 2.75) is 39.2 Å². The minimum absolute atomic E-state index is 0.156. The largest absolute Gasteiger partial charge is 0.383 e. The van der Waals surface area contributed by atoms with Gasteiger partial charge < -0.3 is 5.11 Å². The van der Waals surface area contributed by atoms with E-state index in [1.54, 1.807) is 11.3 Å². The van der Waals surface area contributed by atoms with Crippen LogP contribution in [0.4, 0.5) is 0 Å². The fourth-order valence-electron chi connectivity index (χ4n) is 1.93. The van der Waals surface area contributed by atoms with Crippen molar-refractivity contribution >= 4 is 11.3 Å². The Hall–Kier alpha value is -1.12. The van der Waals surface area contributed by atoms with E-state index in [4.69, 9.17) is 0 Å². The second-order valence-electron chi connectivity index (χ2n) is 5.72.